The SMILES string of the molecule is O=c1c2ccc3c(=O)n4c5ccoc5nc4c4ccc(c2c34)c2nc3occc3n12. The first-order chi connectivity index (χ1) is 14.7. The molecule has 0 atom stereocenters. The van der Waals surface area contributed by atoms with Crippen molar-refractivity contribution in [2.75, 3.05) is 0 Å². The molecule has 0 aliphatic rings. The Morgan fingerprint density at radius 3 is 1.50 bits per heavy atom. The number of rotatable bonds is 0. The molecule has 2 aromatic carbocycles. The molecular weight excluding hydrogens is 384 g/mol. The zero-order valence-corrected chi connectivity index (χ0v) is 15.0. The molecule has 0 spiro atoms. The predicted molar refractivity (Wildman–Crippen MR) is 111 cm³/mol. The third kappa shape index (κ3) is 1.37. The molecule has 0 fully saturated rings. The Morgan fingerprint density at radius 1 is 0.600 bits per heavy atom. The molecule has 0 bridgehead atoms. The Kier molecular flexibility index (Phi) is 2.13. The zero-order chi connectivity index (χ0) is 19.7. The van der Waals surface area contributed by atoms with Gasteiger partial charge in [0.1, 0.15) is 11.0 Å². The van der Waals surface area contributed by atoms with Gasteiger partial charge in [-0.15, -0.1) is 0 Å². The maximum Gasteiger partial charge on any atom is 0.264 e. The minimum atomic E-state index is -0.194. The second kappa shape index (κ2) is 4.41. The summed E-state index contributed by atoms with van der Waals surface area (Å²) in [5.74, 6) is 0. The van der Waals surface area contributed by atoms with Gasteiger partial charge >= 0.3 is 0 Å². The minimum Gasteiger partial charge on any atom is -0.445 e. The van der Waals surface area contributed by atoms with Crippen molar-refractivity contribution in [1.82, 2.24) is 18.8 Å². The fourth-order valence-electron chi connectivity index (χ4n) is 4.86. The molecule has 8 aromatic rings. The van der Waals surface area contributed by atoms with Crippen LogP contribution >= 0.6 is 0 Å². The van der Waals surface area contributed by atoms with Gasteiger partial charge in [-0.2, -0.15) is 9.97 Å². The number of fused-ring (bicyclic) bond motifs is 8. The number of nitrogens with zero attached hydrogens (tertiary/aromatic N) is 4. The van der Waals surface area contributed by atoms with Gasteiger partial charge in [-0.05, 0) is 24.3 Å². The van der Waals surface area contributed by atoms with Gasteiger partial charge in [0, 0.05) is 44.5 Å². The van der Waals surface area contributed by atoms with Crippen molar-refractivity contribution in [3.63, 3.8) is 0 Å². The molecule has 6 heterocycles. The highest BCUT2D eigenvalue weighted by Gasteiger charge is 2.23. The normalized spacial score (nSPS) is 12.9. The first-order valence-corrected chi connectivity index (χ1v) is 9.34. The average Bonchev–Trinajstić information content (AvgIpc) is 3.49. The smallest absolute Gasteiger partial charge is 0.264 e. The van der Waals surface area contributed by atoms with E-state index < -0.39 is 0 Å². The van der Waals surface area contributed by atoms with Crippen LogP contribution in [0.4, 0.5) is 0 Å². The summed E-state index contributed by atoms with van der Waals surface area (Å²) in [5, 5.41) is 4.05. The molecule has 0 saturated carbocycles. The van der Waals surface area contributed by atoms with Crippen LogP contribution in [0.2, 0.25) is 0 Å². The molecule has 0 saturated heterocycles. The van der Waals surface area contributed by atoms with Crippen LogP contribution in [-0.4, -0.2) is 18.8 Å². The monoisotopic (exact) mass is 392 g/mol. The van der Waals surface area contributed by atoms with Crippen molar-refractivity contribution >= 4 is 66.1 Å². The van der Waals surface area contributed by atoms with Crippen LogP contribution in [0.1, 0.15) is 0 Å². The van der Waals surface area contributed by atoms with Crippen molar-refractivity contribution in [3.8, 4) is 0 Å². The number of hydrogen-bond donors (Lipinski definition) is 0. The summed E-state index contributed by atoms with van der Waals surface area (Å²) in [5.41, 5.74) is 2.70. The van der Waals surface area contributed by atoms with E-state index in [0.29, 0.717) is 44.5 Å². The predicted octanol–water partition coefficient (Wildman–Crippen LogP) is 3.53. The zero-order valence-electron chi connectivity index (χ0n) is 15.0. The molecule has 0 aliphatic heterocycles. The average molecular weight is 392 g/mol. The van der Waals surface area contributed by atoms with Gasteiger partial charge in [0.2, 0.25) is 11.4 Å². The van der Waals surface area contributed by atoms with E-state index in [2.05, 4.69) is 9.97 Å². The number of hydrogen-bond acceptors (Lipinski definition) is 6. The van der Waals surface area contributed by atoms with Gasteiger partial charge in [0.15, 0.2) is 11.3 Å². The van der Waals surface area contributed by atoms with Crippen molar-refractivity contribution in [3.05, 3.63) is 69.6 Å². The van der Waals surface area contributed by atoms with Gasteiger partial charge in [-0.3, -0.25) is 18.4 Å². The molecular formula is C22H8N4O4. The molecule has 30 heavy (non-hydrogen) atoms. The van der Waals surface area contributed by atoms with Gasteiger partial charge < -0.3 is 8.83 Å². The van der Waals surface area contributed by atoms with Gasteiger partial charge in [-0.25, -0.2) is 0 Å². The summed E-state index contributed by atoms with van der Waals surface area (Å²) in [6.45, 7) is 0. The Morgan fingerprint density at radius 2 is 1.03 bits per heavy atom. The summed E-state index contributed by atoms with van der Waals surface area (Å²) in [7, 11) is 0. The Balaban J connectivity index is 1.76. The van der Waals surface area contributed by atoms with E-state index in [-0.39, 0.29) is 11.1 Å². The number of pyridine rings is 2. The van der Waals surface area contributed by atoms with Crippen molar-refractivity contribution < 1.29 is 8.83 Å². The lowest BCUT2D eigenvalue weighted by Gasteiger charge is -2.11. The third-order valence-electron chi connectivity index (χ3n) is 6.08. The Hall–Kier alpha value is -4.46. The van der Waals surface area contributed by atoms with Crippen LogP contribution in [-0.2, 0) is 0 Å². The van der Waals surface area contributed by atoms with Gasteiger partial charge in [0.25, 0.3) is 11.1 Å². The quantitative estimate of drug-likeness (QED) is 0.367. The van der Waals surface area contributed by atoms with E-state index in [1.807, 2.05) is 12.1 Å². The van der Waals surface area contributed by atoms with Crippen LogP contribution in [0, 0.1) is 0 Å². The second-order valence-corrected chi connectivity index (χ2v) is 7.45. The van der Waals surface area contributed by atoms with Gasteiger partial charge in [0.05, 0.1) is 12.5 Å². The van der Waals surface area contributed by atoms with Gasteiger partial charge in [-0.1, -0.05) is 0 Å². The summed E-state index contributed by atoms with van der Waals surface area (Å²) >= 11 is 0. The van der Waals surface area contributed by atoms with Crippen LogP contribution in [0.25, 0.3) is 66.1 Å². The highest BCUT2D eigenvalue weighted by Crippen LogP contribution is 2.36. The van der Waals surface area contributed by atoms with E-state index in [1.54, 1.807) is 33.1 Å². The molecule has 8 nitrogen and oxygen atoms in total. The minimum absolute atomic E-state index is 0.194. The molecule has 6 aromatic heterocycles. The highest BCUT2D eigenvalue weighted by molar-refractivity contribution is 6.27. The Labute approximate surface area is 163 Å². The number of benzene rings is 2. The summed E-state index contributed by atoms with van der Waals surface area (Å²) in [4.78, 5) is 35.8. The molecule has 0 aliphatic carbocycles. The van der Waals surface area contributed by atoms with Crippen LogP contribution in [0.15, 0.2) is 67.3 Å². The summed E-state index contributed by atoms with van der Waals surface area (Å²) in [6, 6.07) is 10.7. The largest absolute Gasteiger partial charge is 0.445 e. The van der Waals surface area contributed by atoms with E-state index in [4.69, 9.17) is 8.83 Å². The first-order valence-electron chi connectivity index (χ1n) is 9.34. The molecule has 0 amide bonds. The van der Waals surface area contributed by atoms with E-state index in [9.17, 15) is 9.59 Å². The second-order valence-electron chi connectivity index (χ2n) is 7.45. The van der Waals surface area contributed by atoms with E-state index in [1.165, 1.54) is 12.5 Å². The standard InChI is InChI=1S/C22H8N4O4/c27-21-11-3-4-12-16-10(18-24-20-14(6-8-30-20)26(18)22(12)28)2-1-9(15(11)16)17-23-19-13(25(17)21)5-7-29-19/h1-8H. The molecule has 0 N–H and O–H groups in total. The van der Waals surface area contributed by atoms with Crippen molar-refractivity contribution in [2.24, 2.45) is 0 Å². The summed E-state index contributed by atoms with van der Waals surface area (Å²) in [6.07, 6.45) is 3.03. The maximum atomic E-state index is 13.4. The maximum absolute atomic E-state index is 13.4. The van der Waals surface area contributed by atoms with Crippen LogP contribution in [0.5, 0.6) is 0 Å². The summed E-state index contributed by atoms with van der Waals surface area (Å²) < 4.78 is 14.0. The van der Waals surface area contributed by atoms with Crippen molar-refractivity contribution in [2.45, 2.75) is 0 Å². The lowest BCUT2D eigenvalue weighted by Crippen LogP contribution is -2.16. The van der Waals surface area contributed by atoms with E-state index >= 15 is 0 Å². The topological polar surface area (TPSA) is 95.0 Å². The number of imidazole rings is 2. The number of furan rings is 2. The molecule has 140 valence electrons. The fourth-order valence-corrected chi connectivity index (χ4v) is 4.86. The van der Waals surface area contributed by atoms with Crippen molar-refractivity contribution in [1.29, 1.82) is 0 Å². The Bertz CT molecular complexity index is 1960. The lowest BCUT2D eigenvalue weighted by molar-refractivity contribution is 0.605. The number of aromatic nitrogens is 4. The lowest BCUT2D eigenvalue weighted by atomic mass is 9.96. The fraction of sp³-hybridized carbons (Fsp3) is 0. The third-order valence-corrected chi connectivity index (χ3v) is 6.08. The highest BCUT2D eigenvalue weighted by atomic mass is 16.3. The molecule has 8 heteroatoms. The molecule has 0 radical (unpaired) electrons. The molecule has 8 rings (SSSR count). The van der Waals surface area contributed by atoms with Crippen LogP contribution < -0.4 is 11.1 Å². The first kappa shape index (κ1) is 14.5. The van der Waals surface area contributed by atoms with Crippen LogP contribution in [0.3, 0.4) is 0 Å². The molecule has 0 unspecified atom stereocenters. The van der Waals surface area contributed by atoms with E-state index in [0.717, 1.165) is 21.5 Å².